The first-order chi connectivity index (χ1) is 14.5. The number of hydrogen-bond acceptors (Lipinski definition) is 6. The molecule has 1 amide bonds. The summed E-state index contributed by atoms with van der Waals surface area (Å²) < 4.78 is 1.44. The van der Waals surface area contributed by atoms with Gasteiger partial charge in [-0.3, -0.25) is 19.8 Å². The number of likely N-dealkylation sites (tertiary alicyclic amines) is 1. The monoisotopic (exact) mass is 406 g/mol. The number of hydrogen-bond donors (Lipinski definition) is 1. The molecule has 1 aliphatic rings. The van der Waals surface area contributed by atoms with E-state index < -0.39 is 4.92 Å². The number of carbonyl (C=O) groups is 1. The van der Waals surface area contributed by atoms with Crippen LogP contribution in [0, 0.1) is 17.0 Å². The molecule has 0 saturated carbocycles. The van der Waals surface area contributed by atoms with Crippen molar-refractivity contribution in [1.82, 2.24) is 25.2 Å². The number of nitro groups is 1. The smallest absolute Gasteiger partial charge is 0.274 e. The Morgan fingerprint density at radius 2 is 2.03 bits per heavy atom. The molecule has 1 aliphatic heterocycles. The van der Waals surface area contributed by atoms with Crippen molar-refractivity contribution in [1.29, 1.82) is 0 Å². The highest BCUT2D eigenvalue weighted by atomic mass is 16.6. The molecule has 1 N–H and O–H groups in total. The molecule has 0 spiro atoms. The predicted octanol–water partition coefficient (Wildman–Crippen LogP) is 2.49. The van der Waals surface area contributed by atoms with Crippen molar-refractivity contribution in [3.8, 4) is 5.69 Å². The standard InChI is InChI=1S/C21H22N6O3/c1-15-20(23-24-26(15)18-8-5-9-19(12-18)27(29)30)21(28)22-17-10-11-25(14-17)13-16-6-3-2-4-7-16/h2-9,12,17H,10-11,13-14H2,1H3,(H,22,28). The normalized spacial score (nSPS) is 16.5. The number of rotatable bonds is 6. The molecule has 2 heterocycles. The molecule has 9 heteroatoms. The number of carbonyl (C=O) groups excluding carboxylic acids is 1. The van der Waals surface area contributed by atoms with Crippen molar-refractivity contribution in [2.24, 2.45) is 0 Å². The van der Waals surface area contributed by atoms with E-state index in [0.717, 1.165) is 26.1 Å². The van der Waals surface area contributed by atoms with E-state index in [2.05, 4.69) is 32.7 Å². The number of nitro benzene ring substituents is 1. The van der Waals surface area contributed by atoms with Crippen molar-refractivity contribution >= 4 is 11.6 Å². The average Bonchev–Trinajstić information content (AvgIpc) is 3.35. The third-order valence-corrected chi connectivity index (χ3v) is 5.25. The fraction of sp³-hybridized carbons (Fsp3) is 0.286. The van der Waals surface area contributed by atoms with Crippen molar-refractivity contribution in [2.45, 2.75) is 25.9 Å². The first-order valence-electron chi connectivity index (χ1n) is 9.75. The molecule has 154 valence electrons. The van der Waals surface area contributed by atoms with Gasteiger partial charge in [-0.25, -0.2) is 4.68 Å². The minimum absolute atomic E-state index is 0.0436. The molecule has 1 atom stereocenters. The fourth-order valence-corrected chi connectivity index (χ4v) is 3.71. The lowest BCUT2D eigenvalue weighted by atomic mass is 10.2. The summed E-state index contributed by atoms with van der Waals surface area (Å²) in [6, 6.07) is 16.4. The van der Waals surface area contributed by atoms with Gasteiger partial charge in [-0.05, 0) is 25.0 Å². The van der Waals surface area contributed by atoms with Crippen LogP contribution in [-0.2, 0) is 6.54 Å². The number of aromatic nitrogens is 3. The predicted molar refractivity (Wildman–Crippen MR) is 110 cm³/mol. The van der Waals surface area contributed by atoms with Crippen LogP contribution in [0.4, 0.5) is 5.69 Å². The summed E-state index contributed by atoms with van der Waals surface area (Å²) in [6.45, 7) is 4.28. The number of non-ortho nitro benzene ring substituents is 1. The van der Waals surface area contributed by atoms with E-state index in [-0.39, 0.29) is 23.3 Å². The van der Waals surface area contributed by atoms with E-state index in [9.17, 15) is 14.9 Å². The van der Waals surface area contributed by atoms with Gasteiger partial charge in [0.05, 0.1) is 16.3 Å². The SMILES string of the molecule is Cc1c(C(=O)NC2CCN(Cc3ccccc3)C2)nnn1-c1cccc([N+](=O)[O-])c1. The lowest BCUT2D eigenvalue weighted by Crippen LogP contribution is -2.37. The van der Waals surface area contributed by atoms with Gasteiger partial charge in [0, 0.05) is 37.8 Å². The van der Waals surface area contributed by atoms with Crippen LogP contribution >= 0.6 is 0 Å². The molecule has 0 radical (unpaired) electrons. The summed E-state index contributed by atoms with van der Waals surface area (Å²) in [6.07, 6.45) is 0.872. The van der Waals surface area contributed by atoms with E-state index in [1.165, 1.54) is 22.4 Å². The maximum absolute atomic E-state index is 12.8. The Balaban J connectivity index is 1.41. The zero-order valence-electron chi connectivity index (χ0n) is 16.6. The minimum Gasteiger partial charge on any atom is -0.347 e. The van der Waals surface area contributed by atoms with Crippen molar-refractivity contribution in [3.05, 3.63) is 81.7 Å². The average molecular weight is 406 g/mol. The Kier molecular flexibility index (Phi) is 5.53. The highest BCUT2D eigenvalue weighted by Crippen LogP contribution is 2.19. The lowest BCUT2D eigenvalue weighted by molar-refractivity contribution is -0.384. The zero-order valence-corrected chi connectivity index (χ0v) is 16.6. The number of benzene rings is 2. The van der Waals surface area contributed by atoms with Crippen LogP contribution in [0.15, 0.2) is 54.6 Å². The van der Waals surface area contributed by atoms with Gasteiger partial charge in [-0.15, -0.1) is 5.10 Å². The van der Waals surface area contributed by atoms with Crippen LogP contribution in [-0.4, -0.2) is 49.9 Å². The van der Waals surface area contributed by atoms with Crippen LogP contribution in [0.25, 0.3) is 5.69 Å². The highest BCUT2D eigenvalue weighted by Gasteiger charge is 2.26. The largest absolute Gasteiger partial charge is 0.347 e. The Labute approximate surface area is 173 Å². The van der Waals surface area contributed by atoms with Gasteiger partial charge in [0.15, 0.2) is 5.69 Å². The van der Waals surface area contributed by atoms with Gasteiger partial charge in [0.25, 0.3) is 11.6 Å². The number of nitrogens with one attached hydrogen (secondary N) is 1. The maximum atomic E-state index is 12.8. The van der Waals surface area contributed by atoms with Gasteiger partial charge in [-0.2, -0.15) is 0 Å². The first-order valence-corrected chi connectivity index (χ1v) is 9.75. The summed E-state index contributed by atoms with van der Waals surface area (Å²) in [5.41, 5.74) is 2.45. The van der Waals surface area contributed by atoms with Gasteiger partial charge in [0.2, 0.25) is 0 Å². The van der Waals surface area contributed by atoms with Gasteiger partial charge in [-0.1, -0.05) is 41.6 Å². The molecule has 9 nitrogen and oxygen atoms in total. The summed E-state index contributed by atoms with van der Waals surface area (Å²) in [7, 11) is 0. The second-order valence-electron chi connectivity index (χ2n) is 7.39. The summed E-state index contributed by atoms with van der Waals surface area (Å²) >= 11 is 0. The number of nitrogens with zero attached hydrogens (tertiary/aromatic N) is 5. The molecular formula is C21H22N6O3. The van der Waals surface area contributed by atoms with Gasteiger partial charge in [0.1, 0.15) is 0 Å². The Morgan fingerprint density at radius 3 is 2.80 bits per heavy atom. The molecule has 1 aromatic heterocycles. The highest BCUT2D eigenvalue weighted by molar-refractivity contribution is 5.93. The van der Waals surface area contributed by atoms with E-state index in [4.69, 9.17) is 0 Å². The van der Waals surface area contributed by atoms with Crippen LogP contribution in [0.2, 0.25) is 0 Å². The topological polar surface area (TPSA) is 106 Å². The Bertz CT molecular complexity index is 1070. The van der Waals surface area contributed by atoms with E-state index in [1.807, 2.05) is 18.2 Å². The van der Waals surface area contributed by atoms with E-state index >= 15 is 0 Å². The molecule has 0 bridgehead atoms. The second-order valence-corrected chi connectivity index (χ2v) is 7.39. The summed E-state index contributed by atoms with van der Waals surface area (Å²) in [5.74, 6) is -0.282. The number of amides is 1. The molecule has 4 rings (SSSR count). The molecule has 1 unspecified atom stereocenters. The lowest BCUT2D eigenvalue weighted by Gasteiger charge is -2.16. The van der Waals surface area contributed by atoms with Crippen LogP contribution in [0.5, 0.6) is 0 Å². The van der Waals surface area contributed by atoms with Crippen molar-refractivity contribution in [3.63, 3.8) is 0 Å². The van der Waals surface area contributed by atoms with Gasteiger partial charge >= 0.3 is 0 Å². The third-order valence-electron chi connectivity index (χ3n) is 5.25. The van der Waals surface area contributed by atoms with Crippen molar-refractivity contribution < 1.29 is 9.72 Å². The van der Waals surface area contributed by atoms with Crippen LogP contribution in [0.3, 0.4) is 0 Å². The summed E-state index contributed by atoms with van der Waals surface area (Å²) in [4.78, 5) is 25.6. The van der Waals surface area contributed by atoms with Gasteiger partial charge < -0.3 is 5.32 Å². The summed E-state index contributed by atoms with van der Waals surface area (Å²) in [5, 5.41) is 22.1. The van der Waals surface area contributed by atoms with Crippen LogP contribution < -0.4 is 5.32 Å². The third kappa shape index (κ3) is 4.20. The quantitative estimate of drug-likeness (QED) is 0.498. The second kappa shape index (κ2) is 8.42. The molecule has 30 heavy (non-hydrogen) atoms. The van der Waals surface area contributed by atoms with Crippen molar-refractivity contribution in [2.75, 3.05) is 13.1 Å². The van der Waals surface area contributed by atoms with E-state index in [1.54, 1.807) is 19.1 Å². The van der Waals surface area contributed by atoms with Crippen LogP contribution in [0.1, 0.15) is 28.2 Å². The Hall–Kier alpha value is -3.59. The van der Waals surface area contributed by atoms with E-state index in [0.29, 0.717) is 11.4 Å². The Morgan fingerprint density at radius 1 is 1.23 bits per heavy atom. The maximum Gasteiger partial charge on any atom is 0.274 e. The molecule has 1 saturated heterocycles. The molecular weight excluding hydrogens is 384 g/mol. The zero-order chi connectivity index (χ0) is 21.1. The molecule has 3 aromatic rings. The molecule has 1 fully saturated rings. The fourth-order valence-electron chi connectivity index (χ4n) is 3.71. The molecule has 0 aliphatic carbocycles. The first kappa shape index (κ1) is 19.7. The molecule has 2 aromatic carbocycles. The minimum atomic E-state index is -0.468.